The van der Waals surface area contributed by atoms with Crippen LogP contribution in [0.5, 0.6) is 0 Å². The smallest absolute Gasteiger partial charge is 0.325 e. The normalized spacial score (nSPS) is 31.7. The van der Waals surface area contributed by atoms with Gasteiger partial charge in [-0.3, -0.25) is 9.69 Å². The SMILES string of the molecule is CN1CCC2(C1)NC(=O)N(CCN)C2=O. The number of carbonyl (C=O) groups is 2. The maximum absolute atomic E-state index is 12.0. The highest BCUT2D eigenvalue weighted by molar-refractivity contribution is 6.07. The molecule has 6 nitrogen and oxygen atoms in total. The molecule has 0 aromatic carbocycles. The lowest BCUT2D eigenvalue weighted by Gasteiger charge is -2.20. The minimum atomic E-state index is -0.680. The number of nitrogens with two attached hydrogens (primary N) is 1. The first-order valence-electron chi connectivity index (χ1n) is 5.12. The lowest BCUT2D eigenvalue weighted by molar-refractivity contribution is -0.130. The van der Waals surface area contributed by atoms with Crippen molar-refractivity contribution in [3.8, 4) is 0 Å². The number of nitrogens with zero attached hydrogens (tertiary/aromatic N) is 2. The summed E-state index contributed by atoms with van der Waals surface area (Å²) in [6.07, 6.45) is 0.690. The number of likely N-dealkylation sites (N-methyl/N-ethyl adjacent to an activating group) is 1. The average Bonchev–Trinajstić information content (AvgIpc) is 2.64. The van der Waals surface area contributed by atoms with Crippen molar-refractivity contribution in [3.63, 3.8) is 0 Å². The number of likely N-dealkylation sites (tertiary alicyclic amines) is 1. The highest BCUT2D eigenvalue weighted by atomic mass is 16.2. The molecular weight excluding hydrogens is 196 g/mol. The van der Waals surface area contributed by atoms with Crippen molar-refractivity contribution < 1.29 is 9.59 Å². The van der Waals surface area contributed by atoms with E-state index in [1.54, 1.807) is 0 Å². The van der Waals surface area contributed by atoms with Crippen LogP contribution in [0.25, 0.3) is 0 Å². The van der Waals surface area contributed by atoms with Gasteiger partial charge in [0.15, 0.2) is 0 Å². The number of urea groups is 1. The van der Waals surface area contributed by atoms with Crippen molar-refractivity contribution in [1.82, 2.24) is 15.1 Å². The Hall–Kier alpha value is -1.14. The highest BCUT2D eigenvalue weighted by Crippen LogP contribution is 2.27. The second kappa shape index (κ2) is 3.46. The molecule has 2 fully saturated rings. The zero-order valence-corrected chi connectivity index (χ0v) is 8.82. The summed E-state index contributed by atoms with van der Waals surface area (Å²) in [5, 5.41) is 2.78. The first kappa shape index (κ1) is 10.4. The Kier molecular flexibility index (Phi) is 2.40. The molecule has 1 unspecified atom stereocenters. The molecule has 2 rings (SSSR count). The van der Waals surface area contributed by atoms with E-state index in [0.29, 0.717) is 26.1 Å². The van der Waals surface area contributed by atoms with E-state index in [1.807, 2.05) is 11.9 Å². The molecule has 0 aromatic heterocycles. The van der Waals surface area contributed by atoms with E-state index in [4.69, 9.17) is 5.73 Å². The van der Waals surface area contributed by atoms with E-state index >= 15 is 0 Å². The second-order valence-corrected chi connectivity index (χ2v) is 4.25. The van der Waals surface area contributed by atoms with E-state index in [0.717, 1.165) is 6.54 Å². The van der Waals surface area contributed by atoms with Gasteiger partial charge in [-0.1, -0.05) is 0 Å². The molecule has 0 aromatic rings. The molecular formula is C9H16N4O2. The molecule has 3 N–H and O–H groups in total. The number of imide groups is 1. The maximum Gasteiger partial charge on any atom is 0.325 e. The molecule has 2 aliphatic heterocycles. The lowest BCUT2D eigenvalue weighted by atomic mass is 9.99. The van der Waals surface area contributed by atoms with Crippen LogP contribution < -0.4 is 11.1 Å². The van der Waals surface area contributed by atoms with Crippen molar-refractivity contribution in [2.75, 3.05) is 33.2 Å². The first-order valence-corrected chi connectivity index (χ1v) is 5.12. The number of rotatable bonds is 2. The average molecular weight is 212 g/mol. The van der Waals surface area contributed by atoms with E-state index < -0.39 is 5.54 Å². The summed E-state index contributed by atoms with van der Waals surface area (Å²) in [6, 6.07) is -0.305. The van der Waals surface area contributed by atoms with Gasteiger partial charge < -0.3 is 16.0 Å². The lowest BCUT2D eigenvalue weighted by Crippen LogP contribution is -2.49. The van der Waals surface area contributed by atoms with E-state index in [2.05, 4.69) is 5.32 Å². The molecule has 3 amide bonds. The van der Waals surface area contributed by atoms with Crippen LogP contribution in [0.3, 0.4) is 0 Å². The van der Waals surface area contributed by atoms with Crippen LogP contribution in [0.2, 0.25) is 0 Å². The van der Waals surface area contributed by atoms with Gasteiger partial charge in [0.25, 0.3) is 5.91 Å². The fourth-order valence-electron chi connectivity index (χ4n) is 2.29. The van der Waals surface area contributed by atoms with Gasteiger partial charge in [-0.05, 0) is 13.5 Å². The Morgan fingerprint density at radius 2 is 2.27 bits per heavy atom. The molecule has 0 bridgehead atoms. The summed E-state index contributed by atoms with van der Waals surface area (Å²) in [6.45, 7) is 2.04. The largest absolute Gasteiger partial charge is 0.329 e. The van der Waals surface area contributed by atoms with Crippen molar-refractivity contribution >= 4 is 11.9 Å². The van der Waals surface area contributed by atoms with Crippen LogP contribution in [0.4, 0.5) is 4.79 Å². The Morgan fingerprint density at radius 3 is 2.80 bits per heavy atom. The van der Waals surface area contributed by atoms with Crippen LogP contribution in [0, 0.1) is 0 Å². The summed E-state index contributed by atoms with van der Waals surface area (Å²) in [4.78, 5) is 26.9. The molecule has 84 valence electrons. The molecule has 6 heteroatoms. The van der Waals surface area contributed by atoms with Gasteiger partial charge >= 0.3 is 6.03 Å². The molecule has 1 atom stereocenters. The predicted molar refractivity (Wildman–Crippen MR) is 54.1 cm³/mol. The number of hydrogen-bond acceptors (Lipinski definition) is 4. The predicted octanol–water partition coefficient (Wildman–Crippen LogP) is -1.43. The van der Waals surface area contributed by atoms with Crippen LogP contribution in [0.1, 0.15) is 6.42 Å². The summed E-state index contributed by atoms with van der Waals surface area (Å²) < 4.78 is 0. The third kappa shape index (κ3) is 1.49. The van der Waals surface area contributed by atoms with Gasteiger partial charge in [0, 0.05) is 26.2 Å². The monoisotopic (exact) mass is 212 g/mol. The van der Waals surface area contributed by atoms with Crippen LogP contribution in [0.15, 0.2) is 0 Å². The summed E-state index contributed by atoms with van der Waals surface area (Å²) in [5.41, 5.74) is 4.68. The molecule has 2 aliphatic rings. The van der Waals surface area contributed by atoms with E-state index in [1.165, 1.54) is 4.90 Å². The van der Waals surface area contributed by atoms with Crippen LogP contribution in [-0.4, -0.2) is 60.5 Å². The molecule has 0 radical (unpaired) electrons. The van der Waals surface area contributed by atoms with Gasteiger partial charge in [0.2, 0.25) is 0 Å². The Bertz CT molecular complexity index is 306. The fraction of sp³-hybridized carbons (Fsp3) is 0.778. The number of carbonyl (C=O) groups excluding carboxylic acids is 2. The molecule has 2 saturated heterocycles. The van der Waals surface area contributed by atoms with Gasteiger partial charge in [0.1, 0.15) is 5.54 Å². The third-order valence-electron chi connectivity index (χ3n) is 3.06. The number of amides is 3. The molecule has 0 aliphatic carbocycles. The molecule has 2 heterocycles. The zero-order chi connectivity index (χ0) is 11.1. The molecule has 15 heavy (non-hydrogen) atoms. The molecule has 0 saturated carbocycles. The minimum absolute atomic E-state index is 0.123. The van der Waals surface area contributed by atoms with Crippen LogP contribution in [-0.2, 0) is 4.79 Å². The van der Waals surface area contributed by atoms with E-state index in [-0.39, 0.29) is 11.9 Å². The highest BCUT2D eigenvalue weighted by Gasteiger charge is 2.53. The fourth-order valence-corrected chi connectivity index (χ4v) is 2.29. The number of hydrogen-bond donors (Lipinski definition) is 2. The molecule has 1 spiro atoms. The van der Waals surface area contributed by atoms with Crippen LogP contribution >= 0.6 is 0 Å². The standard InChI is InChI=1S/C9H16N4O2/c1-12-4-2-9(6-12)7(14)13(5-3-10)8(15)11-9/h2-6,10H2,1H3,(H,11,15). The summed E-state index contributed by atoms with van der Waals surface area (Å²) in [5.74, 6) is -0.123. The topological polar surface area (TPSA) is 78.7 Å². The minimum Gasteiger partial charge on any atom is -0.329 e. The summed E-state index contributed by atoms with van der Waals surface area (Å²) in [7, 11) is 1.94. The first-order chi connectivity index (χ1) is 7.09. The zero-order valence-electron chi connectivity index (χ0n) is 8.82. The van der Waals surface area contributed by atoms with Gasteiger partial charge in [-0.15, -0.1) is 0 Å². The Labute approximate surface area is 88.4 Å². The summed E-state index contributed by atoms with van der Waals surface area (Å²) >= 11 is 0. The van der Waals surface area contributed by atoms with Crippen molar-refractivity contribution in [3.05, 3.63) is 0 Å². The van der Waals surface area contributed by atoms with E-state index in [9.17, 15) is 9.59 Å². The van der Waals surface area contributed by atoms with Gasteiger partial charge in [-0.2, -0.15) is 0 Å². The van der Waals surface area contributed by atoms with Gasteiger partial charge in [0.05, 0.1) is 0 Å². The van der Waals surface area contributed by atoms with Crippen molar-refractivity contribution in [1.29, 1.82) is 0 Å². The Morgan fingerprint density at radius 1 is 1.53 bits per heavy atom. The quantitative estimate of drug-likeness (QED) is 0.550. The Balaban J connectivity index is 2.17. The maximum atomic E-state index is 12.0. The van der Waals surface area contributed by atoms with Crippen molar-refractivity contribution in [2.24, 2.45) is 5.73 Å². The van der Waals surface area contributed by atoms with Crippen molar-refractivity contribution in [2.45, 2.75) is 12.0 Å². The number of nitrogens with one attached hydrogen (secondary N) is 1. The third-order valence-corrected chi connectivity index (χ3v) is 3.06. The second-order valence-electron chi connectivity index (χ2n) is 4.25. The van der Waals surface area contributed by atoms with Gasteiger partial charge in [-0.25, -0.2) is 4.79 Å².